The van der Waals surface area contributed by atoms with Gasteiger partial charge in [-0.3, -0.25) is 14.3 Å². The molecule has 2 aliphatic carbocycles. The fourth-order valence-electron chi connectivity index (χ4n) is 6.51. The van der Waals surface area contributed by atoms with Crippen LogP contribution in [-0.4, -0.2) is 46.9 Å². The van der Waals surface area contributed by atoms with Gasteiger partial charge >= 0.3 is 0 Å². The number of para-hydroxylation sites is 1. The Balaban J connectivity index is 1.11. The lowest BCUT2D eigenvalue weighted by atomic mass is 9.75. The molecular formula is C34H36N8O2. The number of amides is 2. The van der Waals surface area contributed by atoms with Crippen LogP contribution in [0.4, 0.5) is 5.69 Å². The molecule has 5 aromatic rings. The van der Waals surface area contributed by atoms with Crippen LogP contribution < -0.4 is 10.6 Å². The van der Waals surface area contributed by atoms with Crippen molar-refractivity contribution in [2.24, 2.45) is 7.05 Å². The molecule has 7 rings (SSSR count). The van der Waals surface area contributed by atoms with Crippen LogP contribution >= 0.6 is 0 Å². The molecule has 0 bridgehead atoms. The van der Waals surface area contributed by atoms with Crippen molar-refractivity contribution >= 4 is 28.4 Å². The van der Waals surface area contributed by atoms with E-state index in [0.717, 1.165) is 47.1 Å². The first-order valence-electron chi connectivity index (χ1n) is 15.4. The summed E-state index contributed by atoms with van der Waals surface area (Å²) in [5.41, 5.74) is 4.80. The number of aromatic nitrogens is 6. The van der Waals surface area contributed by atoms with Gasteiger partial charge in [0.2, 0.25) is 5.91 Å². The number of nitrogens with zero attached hydrogens (tertiary/aromatic N) is 6. The van der Waals surface area contributed by atoms with Crippen LogP contribution in [-0.2, 0) is 11.8 Å². The van der Waals surface area contributed by atoms with Gasteiger partial charge in [0.25, 0.3) is 5.91 Å². The molecule has 3 heterocycles. The number of carbonyl (C=O) groups excluding carboxylic acids is 2. The second-order valence-electron chi connectivity index (χ2n) is 12.1. The molecule has 2 N–H and O–H groups in total. The van der Waals surface area contributed by atoms with Crippen molar-refractivity contribution < 1.29 is 9.59 Å². The molecule has 0 unspecified atom stereocenters. The van der Waals surface area contributed by atoms with Crippen LogP contribution in [0.3, 0.4) is 0 Å². The maximum atomic E-state index is 13.6. The van der Waals surface area contributed by atoms with Crippen molar-refractivity contribution in [2.75, 3.05) is 5.32 Å². The number of aryl methyl sites for hydroxylation is 1. The third kappa shape index (κ3) is 5.04. The molecule has 0 aliphatic heterocycles. The summed E-state index contributed by atoms with van der Waals surface area (Å²) in [6, 6.07) is 15.9. The smallest absolute Gasteiger partial charge is 0.252 e. The molecule has 0 atom stereocenters. The quantitative estimate of drug-likeness (QED) is 0.246. The molecule has 0 radical (unpaired) electrons. The van der Waals surface area contributed by atoms with Crippen LogP contribution in [0.15, 0.2) is 67.1 Å². The van der Waals surface area contributed by atoms with E-state index >= 15 is 0 Å². The lowest BCUT2D eigenvalue weighted by molar-refractivity contribution is -0.125. The fraction of sp³-hybridized carbons (Fsp3) is 0.353. The van der Waals surface area contributed by atoms with Crippen LogP contribution in [0.1, 0.15) is 79.0 Å². The molecule has 0 saturated heterocycles. The Labute approximate surface area is 255 Å². The maximum Gasteiger partial charge on any atom is 0.252 e. The van der Waals surface area contributed by atoms with Crippen LogP contribution in [0, 0.1) is 6.92 Å². The number of carbonyl (C=O) groups is 2. The first-order chi connectivity index (χ1) is 21.4. The molecule has 44 heavy (non-hydrogen) atoms. The van der Waals surface area contributed by atoms with Crippen LogP contribution in [0.5, 0.6) is 0 Å². The lowest BCUT2D eigenvalue weighted by Crippen LogP contribution is -2.61. The zero-order valence-electron chi connectivity index (χ0n) is 25.1. The Morgan fingerprint density at radius 3 is 2.34 bits per heavy atom. The molecule has 2 aromatic carbocycles. The third-order valence-corrected chi connectivity index (χ3v) is 9.34. The van der Waals surface area contributed by atoms with Gasteiger partial charge in [-0.2, -0.15) is 10.2 Å². The van der Waals surface area contributed by atoms with Crippen molar-refractivity contribution in [3.8, 4) is 17.1 Å². The highest BCUT2D eigenvalue weighted by atomic mass is 16.2. The van der Waals surface area contributed by atoms with Crippen molar-refractivity contribution in [1.82, 2.24) is 34.8 Å². The van der Waals surface area contributed by atoms with E-state index in [4.69, 9.17) is 5.10 Å². The van der Waals surface area contributed by atoms with Crippen LogP contribution in [0.25, 0.3) is 28.0 Å². The number of fused-ring (bicyclic) bond motifs is 1. The SMILES string of the molecule is Cc1c(-c2ncc(NC(=O)C3(NC(=O)c4ccc5c(C6CCCCC6)n(-c6ccccc6)nc5c4)CCC3)cn2)cnn1C. The van der Waals surface area contributed by atoms with E-state index in [1.54, 1.807) is 23.3 Å². The predicted octanol–water partition coefficient (Wildman–Crippen LogP) is 5.86. The fourth-order valence-corrected chi connectivity index (χ4v) is 6.51. The summed E-state index contributed by atoms with van der Waals surface area (Å²) in [6.45, 7) is 1.95. The summed E-state index contributed by atoms with van der Waals surface area (Å²) >= 11 is 0. The average molecular weight is 589 g/mol. The second-order valence-corrected chi connectivity index (χ2v) is 12.1. The summed E-state index contributed by atoms with van der Waals surface area (Å²) in [7, 11) is 1.86. The predicted molar refractivity (Wildman–Crippen MR) is 169 cm³/mol. The van der Waals surface area contributed by atoms with Crippen molar-refractivity contribution in [1.29, 1.82) is 0 Å². The number of rotatable bonds is 7. The van der Waals surface area contributed by atoms with Gasteiger partial charge in [-0.25, -0.2) is 14.6 Å². The van der Waals surface area contributed by atoms with E-state index in [-0.39, 0.29) is 11.8 Å². The largest absolute Gasteiger partial charge is 0.338 e. The third-order valence-electron chi connectivity index (χ3n) is 9.34. The van der Waals surface area contributed by atoms with E-state index < -0.39 is 5.54 Å². The highest BCUT2D eigenvalue weighted by molar-refractivity contribution is 6.05. The Morgan fingerprint density at radius 1 is 0.932 bits per heavy atom. The maximum absolute atomic E-state index is 13.6. The minimum absolute atomic E-state index is 0.264. The van der Waals surface area contributed by atoms with Gasteiger partial charge in [0.1, 0.15) is 5.54 Å². The molecule has 224 valence electrons. The van der Waals surface area contributed by atoms with Gasteiger partial charge in [0.05, 0.1) is 46.7 Å². The van der Waals surface area contributed by atoms with E-state index in [1.165, 1.54) is 25.0 Å². The summed E-state index contributed by atoms with van der Waals surface area (Å²) in [5.74, 6) is 0.424. The molecule has 2 fully saturated rings. The number of anilines is 1. The normalized spacial score (nSPS) is 16.4. The standard InChI is InChI=1S/C34H36N8O2/c1-22-28(21-37-41(22)2)31-35-19-25(20-36-31)38-33(44)34(16-9-17-34)39-32(43)24-14-15-27-29(18-24)40-42(26-12-7-4-8-13-26)30(27)23-10-5-3-6-11-23/h4,7-8,12-15,18-21,23H,3,5-6,9-11,16-17H2,1-2H3,(H,38,44)(H,39,43). The molecule has 10 nitrogen and oxygen atoms in total. The molecule has 0 spiro atoms. The first kappa shape index (κ1) is 27.9. The topological polar surface area (TPSA) is 120 Å². The summed E-state index contributed by atoms with van der Waals surface area (Å²) in [5, 5.41) is 16.3. The van der Waals surface area contributed by atoms with E-state index in [2.05, 4.69) is 42.5 Å². The van der Waals surface area contributed by atoms with Crippen LogP contribution in [0.2, 0.25) is 0 Å². The van der Waals surface area contributed by atoms with Crippen molar-refractivity contribution in [3.63, 3.8) is 0 Å². The number of benzene rings is 2. The second kappa shape index (κ2) is 11.3. The summed E-state index contributed by atoms with van der Waals surface area (Å²) in [4.78, 5) is 35.9. The van der Waals surface area contributed by atoms with E-state index in [0.29, 0.717) is 35.8 Å². The Bertz CT molecular complexity index is 1830. The summed E-state index contributed by atoms with van der Waals surface area (Å²) < 4.78 is 3.83. The Hall–Kier alpha value is -4.86. The monoisotopic (exact) mass is 588 g/mol. The first-order valence-corrected chi connectivity index (χ1v) is 15.4. The summed E-state index contributed by atoms with van der Waals surface area (Å²) in [6.07, 6.45) is 12.9. The molecule has 2 saturated carbocycles. The highest BCUT2D eigenvalue weighted by Gasteiger charge is 2.45. The van der Waals surface area contributed by atoms with E-state index in [1.807, 2.05) is 50.4 Å². The van der Waals surface area contributed by atoms with Gasteiger partial charge in [0, 0.05) is 29.6 Å². The highest BCUT2D eigenvalue weighted by Crippen LogP contribution is 2.38. The zero-order chi connectivity index (χ0) is 30.3. The van der Waals surface area contributed by atoms with Gasteiger partial charge < -0.3 is 10.6 Å². The van der Waals surface area contributed by atoms with Gasteiger partial charge in [-0.15, -0.1) is 0 Å². The lowest BCUT2D eigenvalue weighted by Gasteiger charge is -2.40. The number of nitrogens with one attached hydrogen (secondary N) is 2. The number of hydrogen-bond donors (Lipinski definition) is 2. The molecule has 10 heteroatoms. The molecule has 3 aromatic heterocycles. The minimum atomic E-state index is -0.985. The number of hydrogen-bond acceptors (Lipinski definition) is 6. The molecular weight excluding hydrogens is 552 g/mol. The molecule has 2 amide bonds. The van der Waals surface area contributed by atoms with Gasteiger partial charge in [-0.05, 0) is 63.3 Å². The van der Waals surface area contributed by atoms with Crippen molar-refractivity contribution in [2.45, 2.75) is 69.7 Å². The minimum Gasteiger partial charge on any atom is -0.338 e. The molecule has 2 aliphatic rings. The zero-order valence-corrected chi connectivity index (χ0v) is 25.1. The average Bonchev–Trinajstić information content (AvgIpc) is 3.59. The Morgan fingerprint density at radius 2 is 1.68 bits per heavy atom. The van der Waals surface area contributed by atoms with Crippen molar-refractivity contribution in [3.05, 3.63) is 84.1 Å². The Kier molecular flexibility index (Phi) is 7.20. The van der Waals surface area contributed by atoms with E-state index in [9.17, 15) is 9.59 Å². The van der Waals surface area contributed by atoms with Gasteiger partial charge in [-0.1, -0.05) is 43.5 Å². The van der Waals surface area contributed by atoms with Gasteiger partial charge in [0.15, 0.2) is 5.82 Å².